The van der Waals surface area contributed by atoms with Crippen LogP contribution >= 0.6 is 27.3 Å². The number of fused-ring (bicyclic) bond motifs is 1. The monoisotopic (exact) mass is 485 g/mol. The normalized spacial score (nSPS) is 12.0. The van der Waals surface area contributed by atoms with Crippen LogP contribution in [-0.2, 0) is 10.0 Å². The van der Waals surface area contributed by atoms with Gasteiger partial charge in [-0.2, -0.15) is 4.31 Å². The summed E-state index contributed by atoms with van der Waals surface area (Å²) in [5, 5.41) is 3.05. The van der Waals surface area contributed by atoms with E-state index in [0.29, 0.717) is 33.1 Å². The maximum atomic E-state index is 13.0. The number of sulfonamides is 1. The molecule has 7 nitrogen and oxygen atoms in total. The summed E-state index contributed by atoms with van der Waals surface area (Å²) >= 11 is 4.37. The van der Waals surface area contributed by atoms with E-state index in [1.807, 2.05) is 13.8 Å². The number of anilines is 1. The molecule has 0 aliphatic rings. The maximum absolute atomic E-state index is 13.0. The minimum absolute atomic E-state index is 0.157. The number of amides is 1. The Bertz CT molecular complexity index is 1090. The summed E-state index contributed by atoms with van der Waals surface area (Å²) in [6.07, 6.45) is 1.50. The fraction of sp³-hybridized carbons (Fsp3) is 0.333. The van der Waals surface area contributed by atoms with Gasteiger partial charge in [-0.05, 0) is 59.1 Å². The molecule has 0 unspecified atom stereocenters. The summed E-state index contributed by atoms with van der Waals surface area (Å²) in [7, 11) is -3.57. The van der Waals surface area contributed by atoms with Gasteiger partial charge in [0.2, 0.25) is 10.0 Å². The Kier molecular flexibility index (Phi) is 6.54. The lowest BCUT2D eigenvalue weighted by Gasteiger charge is -2.20. The summed E-state index contributed by atoms with van der Waals surface area (Å²) in [5.74, 6) is -0.265. The number of hydrogen-bond acceptors (Lipinski definition) is 6. The van der Waals surface area contributed by atoms with Gasteiger partial charge < -0.3 is 4.42 Å². The summed E-state index contributed by atoms with van der Waals surface area (Å²) in [5.41, 5.74) is 0.623. The van der Waals surface area contributed by atoms with Crippen LogP contribution in [0.1, 0.15) is 37.2 Å². The molecule has 1 aromatic carbocycles. The molecule has 150 valence electrons. The first-order valence-corrected chi connectivity index (χ1v) is 11.9. The molecule has 2 aromatic heterocycles. The quantitative estimate of drug-likeness (QED) is 0.498. The van der Waals surface area contributed by atoms with Crippen LogP contribution in [0.15, 0.2) is 44.3 Å². The molecule has 1 N–H and O–H groups in total. The van der Waals surface area contributed by atoms with Crippen LogP contribution < -0.4 is 5.32 Å². The standard InChI is InChI=1S/C18H20BrN3O4S2/c1-3-9-22(10-4-2)28(24,25)12-5-6-13-15(11-12)27-18(20-13)21-17(23)14-7-8-16(19)26-14/h5-8,11H,3-4,9-10H2,1-2H3,(H,20,21,23). The Hall–Kier alpha value is -1.75. The van der Waals surface area contributed by atoms with Crippen molar-refractivity contribution in [1.29, 1.82) is 0 Å². The van der Waals surface area contributed by atoms with E-state index in [0.717, 1.165) is 12.8 Å². The molecule has 0 radical (unpaired) electrons. The number of rotatable bonds is 8. The number of nitrogens with zero attached hydrogens (tertiary/aromatic N) is 2. The van der Waals surface area contributed by atoms with Crippen molar-refractivity contribution < 1.29 is 17.6 Å². The highest BCUT2D eigenvalue weighted by molar-refractivity contribution is 9.10. The number of benzene rings is 1. The molecule has 0 spiro atoms. The highest BCUT2D eigenvalue weighted by Crippen LogP contribution is 2.30. The largest absolute Gasteiger partial charge is 0.444 e. The van der Waals surface area contributed by atoms with Gasteiger partial charge in [-0.25, -0.2) is 13.4 Å². The van der Waals surface area contributed by atoms with Crippen molar-refractivity contribution >= 4 is 58.5 Å². The molecule has 2 heterocycles. The van der Waals surface area contributed by atoms with E-state index in [1.165, 1.54) is 15.6 Å². The van der Waals surface area contributed by atoms with Crippen molar-refractivity contribution in [3.8, 4) is 0 Å². The number of nitrogens with one attached hydrogen (secondary N) is 1. The smallest absolute Gasteiger partial charge is 0.293 e. The van der Waals surface area contributed by atoms with Gasteiger partial charge in [0.05, 0.1) is 15.1 Å². The van der Waals surface area contributed by atoms with Crippen LogP contribution in [0, 0.1) is 0 Å². The molecule has 3 rings (SSSR count). The first kappa shape index (κ1) is 21.0. The molecule has 10 heteroatoms. The van der Waals surface area contributed by atoms with Gasteiger partial charge in [-0.3, -0.25) is 10.1 Å². The predicted octanol–water partition coefficient (Wildman–Crippen LogP) is 4.71. The second kappa shape index (κ2) is 8.73. The van der Waals surface area contributed by atoms with E-state index in [4.69, 9.17) is 4.42 Å². The molecule has 0 aliphatic heterocycles. The Morgan fingerprint density at radius 3 is 2.54 bits per heavy atom. The zero-order valence-corrected chi connectivity index (χ0v) is 18.7. The lowest BCUT2D eigenvalue weighted by Crippen LogP contribution is -2.32. The van der Waals surface area contributed by atoms with Gasteiger partial charge in [-0.15, -0.1) is 0 Å². The lowest BCUT2D eigenvalue weighted by molar-refractivity contribution is 0.0995. The maximum Gasteiger partial charge on any atom is 0.293 e. The lowest BCUT2D eigenvalue weighted by atomic mass is 10.3. The molecular formula is C18H20BrN3O4S2. The van der Waals surface area contributed by atoms with E-state index in [-0.39, 0.29) is 10.7 Å². The van der Waals surface area contributed by atoms with Crippen LogP contribution in [-0.4, -0.2) is 36.7 Å². The highest BCUT2D eigenvalue weighted by Gasteiger charge is 2.24. The Morgan fingerprint density at radius 1 is 1.21 bits per heavy atom. The van der Waals surface area contributed by atoms with Crippen molar-refractivity contribution in [2.45, 2.75) is 31.6 Å². The van der Waals surface area contributed by atoms with Crippen LogP contribution in [0.3, 0.4) is 0 Å². The predicted molar refractivity (Wildman–Crippen MR) is 113 cm³/mol. The van der Waals surface area contributed by atoms with Gasteiger partial charge >= 0.3 is 0 Å². The van der Waals surface area contributed by atoms with Crippen LogP contribution in [0.4, 0.5) is 5.13 Å². The molecule has 0 fully saturated rings. The van der Waals surface area contributed by atoms with Gasteiger partial charge in [0.25, 0.3) is 5.91 Å². The zero-order chi connectivity index (χ0) is 20.3. The first-order valence-electron chi connectivity index (χ1n) is 8.82. The van der Waals surface area contributed by atoms with Crippen LogP contribution in [0.25, 0.3) is 10.2 Å². The third kappa shape index (κ3) is 4.45. The molecule has 1 amide bonds. The number of thiazole rings is 1. The minimum atomic E-state index is -3.57. The molecule has 0 aliphatic carbocycles. The van der Waals surface area contributed by atoms with Crippen molar-refractivity contribution in [3.05, 3.63) is 40.8 Å². The van der Waals surface area contributed by atoms with E-state index in [1.54, 1.807) is 30.3 Å². The molecule has 3 aromatic rings. The molecule has 0 atom stereocenters. The van der Waals surface area contributed by atoms with E-state index < -0.39 is 15.9 Å². The van der Waals surface area contributed by atoms with Crippen molar-refractivity contribution in [3.63, 3.8) is 0 Å². The second-order valence-electron chi connectivity index (χ2n) is 6.11. The van der Waals surface area contributed by atoms with E-state index in [2.05, 4.69) is 26.2 Å². The summed E-state index contributed by atoms with van der Waals surface area (Å²) in [4.78, 5) is 16.8. The van der Waals surface area contributed by atoms with Gasteiger partial charge in [-0.1, -0.05) is 25.2 Å². The summed E-state index contributed by atoms with van der Waals surface area (Å²) in [6, 6.07) is 8.01. The molecule has 0 saturated heterocycles. The highest BCUT2D eigenvalue weighted by atomic mass is 79.9. The number of halogens is 1. The zero-order valence-electron chi connectivity index (χ0n) is 15.4. The third-order valence-corrected chi connectivity index (χ3v) is 7.22. The number of carbonyl (C=O) groups excluding carboxylic acids is 1. The average molecular weight is 486 g/mol. The Labute approximate surface area is 175 Å². The Balaban J connectivity index is 1.87. The van der Waals surface area contributed by atoms with Gasteiger partial charge in [0.1, 0.15) is 0 Å². The van der Waals surface area contributed by atoms with E-state index >= 15 is 0 Å². The summed E-state index contributed by atoms with van der Waals surface area (Å²) < 4.78 is 33.8. The topological polar surface area (TPSA) is 92.5 Å². The number of aromatic nitrogens is 1. The minimum Gasteiger partial charge on any atom is -0.444 e. The van der Waals surface area contributed by atoms with E-state index in [9.17, 15) is 13.2 Å². The fourth-order valence-electron chi connectivity index (χ4n) is 2.71. The number of carbonyl (C=O) groups is 1. The third-order valence-electron chi connectivity index (χ3n) is 3.96. The van der Waals surface area contributed by atoms with Crippen molar-refractivity contribution in [2.24, 2.45) is 0 Å². The van der Waals surface area contributed by atoms with Gasteiger partial charge in [0.15, 0.2) is 15.6 Å². The summed E-state index contributed by atoms with van der Waals surface area (Å²) in [6.45, 7) is 4.88. The average Bonchev–Trinajstić information content (AvgIpc) is 3.26. The molecular weight excluding hydrogens is 466 g/mol. The molecule has 0 bridgehead atoms. The number of furan rings is 1. The van der Waals surface area contributed by atoms with Gasteiger partial charge in [0, 0.05) is 13.1 Å². The first-order chi connectivity index (χ1) is 13.3. The van der Waals surface area contributed by atoms with Crippen molar-refractivity contribution in [1.82, 2.24) is 9.29 Å². The molecule has 28 heavy (non-hydrogen) atoms. The SMILES string of the molecule is CCCN(CCC)S(=O)(=O)c1ccc2nc(NC(=O)c3ccc(Br)o3)sc2c1. The van der Waals surface area contributed by atoms with Crippen LogP contribution in [0.5, 0.6) is 0 Å². The number of hydrogen-bond donors (Lipinski definition) is 1. The second-order valence-corrected chi connectivity index (χ2v) is 9.86. The molecule has 0 saturated carbocycles. The van der Waals surface area contributed by atoms with Crippen molar-refractivity contribution in [2.75, 3.05) is 18.4 Å². The fourth-order valence-corrected chi connectivity index (χ4v) is 5.65. The van der Waals surface area contributed by atoms with Crippen LogP contribution in [0.2, 0.25) is 0 Å². The Morgan fingerprint density at radius 2 is 1.93 bits per heavy atom.